The molecule has 0 heterocycles. The fourth-order valence-corrected chi connectivity index (χ4v) is 3.06. The summed E-state index contributed by atoms with van der Waals surface area (Å²) in [5.74, 6) is 0.370. The van der Waals surface area contributed by atoms with Crippen LogP contribution in [0.1, 0.15) is 26.2 Å². The summed E-state index contributed by atoms with van der Waals surface area (Å²) in [6, 6.07) is 0.233. The summed E-state index contributed by atoms with van der Waals surface area (Å²) < 4.78 is 25.8. The first-order valence-corrected chi connectivity index (χ1v) is 6.76. The van der Waals surface area contributed by atoms with Crippen LogP contribution in [0.2, 0.25) is 12.1 Å². The van der Waals surface area contributed by atoms with Crippen molar-refractivity contribution in [3.05, 3.63) is 0 Å². The number of hydrogen-bond acceptors (Lipinski definition) is 0. The molecule has 0 bridgehead atoms. The van der Waals surface area contributed by atoms with E-state index >= 15 is 0 Å². The third-order valence-corrected chi connectivity index (χ3v) is 4.01. The minimum absolute atomic E-state index is 0.0799. The van der Waals surface area contributed by atoms with Crippen molar-refractivity contribution in [2.45, 2.75) is 38.3 Å². The smallest absolute Gasteiger partial charge is 0.270 e. The van der Waals surface area contributed by atoms with Gasteiger partial charge in [-0.25, -0.2) is 0 Å². The van der Waals surface area contributed by atoms with Crippen LogP contribution >= 0.6 is 11.6 Å². The first kappa shape index (κ1) is 11.4. The third-order valence-electron chi connectivity index (χ3n) is 1.57. The maximum Gasteiger partial charge on any atom is 0.425 e. The number of alkyl halides is 1. The van der Waals surface area contributed by atoms with Gasteiger partial charge in [0, 0.05) is 5.88 Å². The molecule has 0 saturated heterocycles. The molecule has 11 heavy (non-hydrogen) atoms. The molecule has 0 fully saturated rings. The number of rotatable bonds is 6. The number of hydrogen-bond donors (Lipinski definition) is 0. The Morgan fingerprint density at radius 2 is 1.73 bits per heavy atom. The summed E-state index contributed by atoms with van der Waals surface area (Å²) in [5.41, 5.74) is 0. The van der Waals surface area contributed by atoms with Gasteiger partial charge in [0.05, 0.1) is 0 Å². The minimum Gasteiger partial charge on any atom is -0.270 e. The molecule has 0 N–H and O–H groups in total. The van der Waals surface area contributed by atoms with E-state index in [0.717, 1.165) is 6.42 Å². The van der Waals surface area contributed by atoms with E-state index < -0.39 is 8.74 Å². The Balaban J connectivity index is 3.43. The van der Waals surface area contributed by atoms with E-state index in [9.17, 15) is 8.22 Å². The van der Waals surface area contributed by atoms with Crippen LogP contribution in [0.3, 0.4) is 0 Å². The van der Waals surface area contributed by atoms with Crippen molar-refractivity contribution in [3.8, 4) is 0 Å². The van der Waals surface area contributed by atoms with Crippen LogP contribution in [0.15, 0.2) is 0 Å². The molecule has 0 aromatic rings. The Morgan fingerprint density at radius 3 is 2.18 bits per heavy atom. The second kappa shape index (κ2) is 5.95. The molecule has 4 heteroatoms. The average Bonchev–Trinajstić information content (AvgIpc) is 1.97. The van der Waals surface area contributed by atoms with Crippen molar-refractivity contribution in [1.29, 1.82) is 0 Å². The molecule has 0 unspecified atom stereocenters. The quantitative estimate of drug-likeness (QED) is 0.348. The zero-order valence-corrected chi connectivity index (χ0v) is 8.63. The maximum absolute atomic E-state index is 12.9. The highest BCUT2D eigenvalue weighted by Crippen LogP contribution is 2.23. The summed E-state index contributed by atoms with van der Waals surface area (Å²) >= 11 is 5.33. The molecular weight excluding hydrogens is 186 g/mol. The normalized spacial score (nSPS) is 12.0. The van der Waals surface area contributed by atoms with Crippen molar-refractivity contribution in [1.82, 2.24) is 0 Å². The van der Waals surface area contributed by atoms with E-state index in [0.29, 0.717) is 18.7 Å². The molecule has 0 radical (unpaired) electrons. The summed E-state index contributed by atoms with van der Waals surface area (Å²) in [6.07, 6.45) is 2.01. The van der Waals surface area contributed by atoms with Crippen LogP contribution in [0, 0.1) is 0 Å². The second-order valence-electron chi connectivity index (χ2n) is 2.75. The van der Waals surface area contributed by atoms with E-state index in [1.165, 1.54) is 0 Å². The van der Waals surface area contributed by atoms with Crippen molar-refractivity contribution >= 4 is 20.3 Å². The molecule has 0 spiro atoms. The van der Waals surface area contributed by atoms with Crippen LogP contribution in [0.25, 0.3) is 0 Å². The van der Waals surface area contributed by atoms with Crippen molar-refractivity contribution in [3.63, 3.8) is 0 Å². The maximum atomic E-state index is 12.9. The Kier molecular flexibility index (Phi) is 6.15. The Morgan fingerprint density at radius 1 is 1.18 bits per heavy atom. The predicted molar refractivity (Wildman–Crippen MR) is 47.8 cm³/mol. The zero-order valence-electron chi connectivity index (χ0n) is 6.88. The van der Waals surface area contributed by atoms with E-state index in [2.05, 4.69) is 0 Å². The van der Waals surface area contributed by atoms with Crippen LogP contribution in [-0.2, 0) is 0 Å². The molecular formula is C7H15ClF2Si. The lowest BCUT2D eigenvalue weighted by Gasteiger charge is -2.10. The Labute approximate surface area is 73.3 Å². The van der Waals surface area contributed by atoms with Gasteiger partial charge in [0.1, 0.15) is 0 Å². The molecule has 0 rings (SSSR count). The topological polar surface area (TPSA) is 0 Å². The van der Waals surface area contributed by atoms with E-state index in [1.54, 1.807) is 0 Å². The fraction of sp³-hybridized carbons (Fsp3) is 1.00. The van der Waals surface area contributed by atoms with E-state index in [1.807, 2.05) is 6.92 Å². The van der Waals surface area contributed by atoms with Gasteiger partial charge in [-0.3, -0.25) is 8.22 Å². The highest BCUT2D eigenvalue weighted by atomic mass is 35.5. The Bertz CT molecular complexity index is 88.4. The molecule has 0 nitrogen and oxygen atoms in total. The van der Waals surface area contributed by atoms with E-state index in [4.69, 9.17) is 11.6 Å². The standard InChI is InChI=1S/C7H15ClF2Si/c1-2-3-6-11(9,10)7-4-5-8/h2-7H2,1H3. The van der Waals surface area contributed by atoms with Crippen LogP contribution in [0.5, 0.6) is 0 Å². The molecule has 0 amide bonds. The van der Waals surface area contributed by atoms with Gasteiger partial charge in [-0.05, 0) is 18.5 Å². The highest BCUT2D eigenvalue weighted by molar-refractivity contribution is 6.66. The summed E-state index contributed by atoms with van der Waals surface area (Å²) in [5, 5.41) is 0. The van der Waals surface area contributed by atoms with Gasteiger partial charge < -0.3 is 0 Å². The molecule has 0 aliphatic heterocycles. The lowest BCUT2D eigenvalue weighted by atomic mass is 10.4. The molecule has 68 valence electrons. The summed E-state index contributed by atoms with van der Waals surface area (Å²) in [4.78, 5) is 0. The lowest BCUT2D eigenvalue weighted by molar-refractivity contribution is 0.572. The average molecular weight is 201 g/mol. The molecule has 0 aliphatic rings. The monoisotopic (exact) mass is 200 g/mol. The summed E-state index contributed by atoms with van der Waals surface area (Å²) in [6.45, 7) is 1.94. The first-order chi connectivity index (χ1) is 5.12. The van der Waals surface area contributed by atoms with Crippen molar-refractivity contribution < 1.29 is 8.22 Å². The van der Waals surface area contributed by atoms with E-state index in [-0.39, 0.29) is 12.1 Å². The predicted octanol–water partition coefficient (Wildman–Crippen LogP) is 3.80. The van der Waals surface area contributed by atoms with Gasteiger partial charge in [-0.15, -0.1) is 11.6 Å². The first-order valence-electron chi connectivity index (χ1n) is 4.06. The number of halogens is 3. The lowest BCUT2D eigenvalue weighted by Crippen LogP contribution is -2.21. The molecule has 0 aromatic heterocycles. The fourth-order valence-electron chi connectivity index (χ4n) is 0.886. The Hall–Kier alpha value is 0.367. The molecule has 0 atom stereocenters. The van der Waals surface area contributed by atoms with Crippen LogP contribution in [0.4, 0.5) is 8.22 Å². The van der Waals surface area contributed by atoms with Gasteiger partial charge in [0.15, 0.2) is 0 Å². The molecule has 0 aliphatic carbocycles. The third kappa shape index (κ3) is 6.75. The van der Waals surface area contributed by atoms with Gasteiger partial charge in [-0.2, -0.15) is 0 Å². The largest absolute Gasteiger partial charge is 0.425 e. The van der Waals surface area contributed by atoms with Gasteiger partial charge in [0.2, 0.25) is 0 Å². The SMILES string of the molecule is CCCC[Si](F)(F)CCCCl. The van der Waals surface area contributed by atoms with Gasteiger partial charge in [-0.1, -0.05) is 19.8 Å². The van der Waals surface area contributed by atoms with Gasteiger partial charge >= 0.3 is 8.74 Å². The van der Waals surface area contributed by atoms with Crippen LogP contribution in [-0.4, -0.2) is 14.6 Å². The summed E-state index contributed by atoms with van der Waals surface area (Å²) in [7, 11) is -3.83. The highest BCUT2D eigenvalue weighted by Gasteiger charge is 2.32. The van der Waals surface area contributed by atoms with Gasteiger partial charge in [0.25, 0.3) is 0 Å². The molecule has 0 saturated carbocycles. The zero-order chi connectivity index (χ0) is 8.74. The van der Waals surface area contributed by atoms with Crippen molar-refractivity contribution in [2.75, 3.05) is 5.88 Å². The second-order valence-corrected chi connectivity index (χ2v) is 5.84. The van der Waals surface area contributed by atoms with Crippen LogP contribution < -0.4 is 0 Å². The number of unbranched alkanes of at least 4 members (excludes halogenated alkanes) is 1. The van der Waals surface area contributed by atoms with Crippen molar-refractivity contribution in [2.24, 2.45) is 0 Å². The molecule has 0 aromatic carbocycles. The minimum atomic E-state index is -3.83.